The molecule has 1 aromatic heterocycles. The monoisotopic (exact) mass is 289 g/mol. The summed E-state index contributed by atoms with van der Waals surface area (Å²) in [5.41, 5.74) is 1.14. The third kappa shape index (κ3) is 3.88. The van der Waals surface area contributed by atoms with E-state index in [-0.39, 0.29) is 5.82 Å². The molecule has 0 aliphatic heterocycles. The van der Waals surface area contributed by atoms with Crippen LogP contribution in [0.15, 0.2) is 42.9 Å². The van der Waals surface area contributed by atoms with Gasteiger partial charge < -0.3 is 15.2 Å². The first-order valence-corrected chi connectivity index (χ1v) is 6.52. The maximum atomic E-state index is 11.3. The molecule has 1 heterocycles. The molecule has 2 aromatic rings. The highest BCUT2D eigenvalue weighted by Crippen LogP contribution is 2.19. The number of rotatable bonds is 7. The lowest BCUT2D eigenvalue weighted by molar-refractivity contribution is -0.389. The summed E-state index contributed by atoms with van der Waals surface area (Å²) < 4.78 is 1.28. The van der Waals surface area contributed by atoms with Crippen molar-refractivity contribution in [1.29, 1.82) is 0 Å². The second-order valence-electron chi connectivity index (χ2n) is 4.67. The van der Waals surface area contributed by atoms with Crippen molar-refractivity contribution in [2.45, 2.75) is 25.3 Å². The Bertz CT molecular complexity index is 624. The van der Waals surface area contributed by atoms with Crippen LogP contribution in [-0.2, 0) is 11.2 Å². The van der Waals surface area contributed by atoms with E-state index in [0.29, 0.717) is 12.8 Å². The molecule has 0 fully saturated rings. The molecule has 0 saturated heterocycles. The first-order valence-electron chi connectivity index (χ1n) is 6.52. The molecule has 110 valence electrons. The van der Waals surface area contributed by atoms with Crippen molar-refractivity contribution in [2.75, 3.05) is 0 Å². The van der Waals surface area contributed by atoms with E-state index in [9.17, 15) is 20.0 Å². The lowest BCUT2D eigenvalue weighted by atomic mass is 10.0. The summed E-state index contributed by atoms with van der Waals surface area (Å²) in [5.74, 6) is -1.36. The third-order valence-corrected chi connectivity index (χ3v) is 3.21. The number of nitro groups is 1. The maximum Gasteiger partial charge on any atom is 0.381 e. The summed E-state index contributed by atoms with van der Waals surface area (Å²) in [7, 11) is 0. The van der Waals surface area contributed by atoms with E-state index in [4.69, 9.17) is 0 Å². The number of aryl methyl sites for hydroxylation is 1. The second-order valence-corrected chi connectivity index (χ2v) is 4.67. The Balaban J connectivity index is 1.99. The van der Waals surface area contributed by atoms with Crippen molar-refractivity contribution in [2.24, 2.45) is 0 Å². The summed E-state index contributed by atoms with van der Waals surface area (Å²) in [4.78, 5) is 24.8. The summed E-state index contributed by atoms with van der Waals surface area (Å²) in [5, 5.41) is 19.8. The van der Waals surface area contributed by atoms with E-state index < -0.39 is 16.9 Å². The lowest BCUT2D eigenvalue weighted by Crippen LogP contribution is -2.18. The Morgan fingerprint density at radius 1 is 1.38 bits per heavy atom. The molecule has 0 aliphatic carbocycles. The Hall–Kier alpha value is -2.70. The fourth-order valence-corrected chi connectivity index (χ4v) is 2.13. The van der Waals surface area contributed by atoms with Gasteiger partial charge in [0.15, 0.2) is 0 Å². The van der Waals surface area contributed by atoms with Gasteiger partial charge in [-0.05, 0) is 34.7 Å². The van der Waals surface area contributed by atoms with Crippen LogP contribution in [0.1, 0.15) is 24.4 Å². The minimum atomic E-state index is -1.02. The highest BCUT2D eigenvalue weighted by atomic mass is 16.6. The molecule has 7 heteroatoms. The van der Waals surface area contributed by atoms with Crippen molar-refractivity contribution in [3.05, 3.63) is 58.5 Å². The van der Waals surface area contributed by atoms with Crippen LogP contribution >= 0.6 is 0 Å². The second kappa shape index (κ2) is 6.65. The molecule has 1 unspecified atom stereocenters. The van der Waals surface area contributed by atoms with E-state index >= 15 is 0 Å². The Morgan fingerprint density at radius 3 is 2.67 bits per heavy atom. The number of nitrogens with zero attached hydrogens (tertiary/aromatic N) is 3. The predicted molar refractivity (Wildman–Crippen MR) is 74.9 cm³/mol. The predicted octanol–water partition coefficient (Wildman–Crippen LogP) is 2.44. The molecular formula is C14H15N3O4. The third-order valence-electron chi connectivity index (χ3n) is 3.21. The molecule has 0 saturated carbocycles. The molecule has 1 N–H and O–H groups in total. The van der Waals surface area contributed by atoms with Crippen molar-refractivity contribution < 1.29 is 14.8 Å². The SMILES string of the molecule is O=C(O)C(CCCc1ccccc1)n1cnc([N+](=O)[O-])c1. The number of aliphatic carboxylic acids is 1. The van der Waals surface area contributed by atoms with Gasteiger partial charge in [-0.15, -0.1) is 0 Å². The first kappa shape index (κ1) is 14.7. The van der Waals surface area contributed by atoms with Crippen LogP contribution in [0.25, 0.3) is 0 Å². The maximum absolute atomic E-state index is 11.3. The molecule has 0 amide bonds. The standard InChI is InChI=1S/C14H15N3O4/c18-14(19)12(16-9-13(15-10-16)17(20)21)8-4-7-11-5-2-1-3-6-11/h1-3,5-6,9-10,12H,4,7-8H2,(H,18,19). The van der Waals surface area contributed by atoms with Gasteiger partial charge >= 0.3 is 11.8 Å². The van der Waals surface area contributed by atoms with E-state index in [1.807, 2.05) is 30.3 Å². The number of hydrogen-bond donors (Lipinski definition) is 1. The number of hydrogen-bond acceptors (Lipinski definition) is 4. The molecule has 21 heavy (non-hydrogen) atoms. The van der Waals surface area contributed by atoms with Crippen molar-refractivity contribution in [1.82, 2.24) is 9.55 Å². The van der Waals surface area contributed by atoms with Crippen LogP contribution in [0.2, 0.25) is 0 Å². The summed E-state index contributed by atoms with van der Waals surface area (Å²) in [6.45, 7) is 0. The van der Waals surface area contributed by atoms with Gasteiger partial charge in [0.1, 0.15) is 12.2 Å². The Morgan fingerprint density at radius 2 is 2.10 bits per heavy atom. The zero-order valence-corrected chi connectivity index (χ0v) is 11.3. The van der Waals surface area contributed by atoms with E-state index in [1.165, 1.54) is 10.9 Å². The molecule has 0 radical (unpaired) electrons. The van der Waals surface area contributed by atoms with Crippen LogP contribution in [0.5, 0.6) is 0 Å². The topological polar surface area (TPSA) is 98.3 Å². The van der Waals surface area contributed by atoms with Crippen LogP contribution in [0.3, 0.4) is 0 Å². The van der Waals surface area contributed by atoms with Gasteiger partial charge in [-0.25, -0.2) is 4.79 Å². The van der Waals surface area contributed by atoms with Gasteiger partial charge in [0.2, 0.25) is 6.33 Å². The largest absolute Gasteiger partial charge is 0.480 e. The molecule has 0 aliphatic rings. The zero-order chi connectivity index (χ0) is 15.2. The molecule has 0 bridgehead atoms. The van der Waals surface area contributed by atoms with Gasteiger partial charge in [-0.2, -0.15) is 0 Å². The summed E-state index contributed by atoms with van der Waals surface area (Å²) in [6.07, 6.45) is 4.17. The van der Waals surface area contributed by atoms with Gasteiger partial charge in [0.05, 0.1) is 0 Å². The van der Waals surface area contributed by atoms with Gasteiger partial charge in [0.25, 0.3) is 0 Å². The normalized spacial score (nSPS) is 12.0. The number of aromatic nitrogens is 2. The van der Waals surface area contributed by atoms with Crippen LogP contribution < -0.4 is 0 Å². The van der Waals surface area contributed by atoms with E-state index in [2.05, 4.69) is 4.98 Å². The highest BCUT2D eigenvalue weighted by Gasteiger charge is 2.22. The average Bonchev–Trinajstić information content (AvgIpc) is 2.94. The molecule has 1 aromatic carbocycles. The quantitative estimate of drug-likeness (QED) is 0.623. The van der Waals surface area contributed by atoms with Crippen molar-refractivity contribution in [3.63, 3.8) is 0 Å². The number of carboxylic acids is 1. The fourth-order valence-electron chi connectivity index (χ4n) is 2.13. The molecule has 2 rings (SSSR count). The van der Waals surface area contributed by atoms with E-state index in [0.717, 1.165) is 18.2 Å². The smallest absolute Gasteiger partial charge is 0.381 e. The van der Waals surface area contributed by atoms with Crippen LogP contribution in [0.4, 0.5) is 5.82 Å². The van der Waals surface area contributed by atoms with Gasteiger partial charge in [-0.1, -0.05) is 30.3 Å². The molecule has 1 atom stereocenters. The number of carboxylic acid groups (broad SMARTS) is 1. The zero-order valence-electron chi connectivity index (χ0n) is 11.3. The highest BCUT2D eigenvalue weighted by molar-refractivity contribution is 5.71. The van der Waals surface area contributed by atoms with Gasteiger partial charge in [-0.3, -0.25) is 4.57 Å². The molecule has 0 spiro atoms. The van der Waals surface area contributed by atoms with Crippen molar-refractivity contribution in [3.8, 4) is 0 Å². The number of imidazole rings is 1. The minimum Gasteiger partial charge on any atom is -0.480 e. The Labute approximate surface area is 121 Å². The molecular weight excluding hydrogens is 274 g/mol. The average molecular weight is 289 g/mol. The number of benzene rings is 1. The van der Waals surface area contributed by atoms with Gasteiger partial charge in [0, 0.05) is 0 Å². The summed E-state index contributed by atoms with van der Waals surface area (Å²) >= 11 is 0. The van der Waals surface area contributed by atoms with Crippen molar-refractivity contribution >= 4 is 11.8 Å². The summed E-state index contributed by atoms with van der Waals surface area (Å²) in [6, 6.07) is 8.92. The van der Waals surface area contributed by atoms with Crippen LogP contribution in [0, 0.1) is 10.1 Å². The fraction of sp³-hybridized carbons (Fsp3) is 0.286. The lowest BCUT2D eigenvalue weighted by Gasteiger charge is -2.12. The van der Waals surface area contributed by atoms with E-state index in [1.54, 1.807) is 0 Å². The van der Waals surface area contributed by atoms with Crippen LogP contribution in [-0.4, -0.2) is 25.6 Å². The molecule has 7 nitrogen and oxygen atoms in total. The Kier molecular flexibility index (Phi) is 4.65. The minimum absolute atomic E-state index is 0.343. The first-order chi connectivity index (χ1) is 10.1. The number of carbonyl (C=O) groups is 1.